The molecule has 0 radical (unpaired) electrons. The molecule has 166 valence electrons. The molecule has 2 rings (SSSR count). The minimum atomic E-state index is -1.31. The molecule has 0 aromatic heterocycles. The Bertz CT molecular complexity index is 1130. The van der Waals surface area contributed by atoms with E-state index < -0.39 is 36.1 Å². The van der Waals surface area contributed by atoms with E-state index >= 15 is 0 Å². The minimum absolute atomic E-state index is 0.0960. The average Bonchev–Trinajstić information content (AvgIpc) is 2.70. The molecule has 2 N–H and O–H groups in total. The Labute approximate surface area is 184 Å². The molecule has 0 spiro atoms. The van der Waals surface area contributed by atoms with E-state index in [0.717, 1.165) is 0 Å². The van der Waals surface area contributed by atoms with Crippen molar-refractivity contribution in [1.82, 2.24) is 0 Å². The monoisotopic (exact) mass is 438 g/mol. The molecule has 0 fully saturated rings. The number of esters is 2. The van der Waals surface area contributed by atoms with Crippen molar-refractivity contribution in [3.8, 4) is 11.8 Å². The van der Waals surface area contributed by atoms with Crippen molar-refractivity contribution in [2.24, 2.45) is 0 Å². The fraction of sp³-hybridized carbons (Fsp3) is 0.250. The van der Waals surface area contributed by atoms with Crippen LogP contribution in [0.5, 0.6) is 0 Å². The third-order valence-electron chi connectivity index (χ3n) is 3.98. The zero-order chi connectivity index (χ0) is 24.0. The molecule has 0 unspecified atom stereocenters. The smallest absolute Gasteiger partial charge is 0.339 e. The number of rotatable bonds is 6. The Kier molecular flexibility index (Phi) is 7.75. The second-order valence-corrected chi connectivity index (χ2v) is 7.29. The number of aromatic carboxylic acids is 2. The van der Waals surface area contributed by atoms with E-state index in [0.29, 0.717) is 11.1 Å². The molecule has 0 saturated carbocycles. The lowest BCUT2D eigenvalue weighted by atomic mass is 10.0. The summed E-state index contributed by atoms with van der Waals surface area (Å²) in [7, 11) is 0. The maximum absolute atomic E-state index is 12.3. The quantitative estimate of drug-likeness (QED) is 0.517. The number of carbonyl (C=O) groups excluding carboxylic acids is 2. The number of ether oxygens (including phenoxy) is 2. The van der Waals surface area contributed by atoms with Crippen molar-refractivity contribution in [2.75, 3.05) is 0 Å². The Hall–Kier alpha value is -4.12. The van der Waals surface area contributed by atoms with Crippen molar-refractivity contribution < 1.29 is 38.9 Å². The molecule has 8 heteroatoms. The van der Waals surface area contributed by atoms with Gasteiger partial charge in [0.2, 0.25) is 0 Å². The maximum Gasteiger partial charge on any atom is 0.339 e. The second kappa shape index (κ2) is 10.3. The fourth-order valence-corrected chi connectivity index (χ4v) is 2.65. The van der Waals surface area contributed by atoms with E-state index in [1.54, 1.807) is 27.7 Å². The summed E-state index contributed by atoms with van der Waals surface area (Å²) in [6.07, 6.45) is -0.844. The first-order chi connectivity index (χ1) is 15.0. The number of benzene rings is 2. The van der Waals surface area contributed by atoms with Gasteiger partial charge < -0.3 is 19.7 Å². The van der Waals surface area contributed by atoms with Gasteiger partial charge in [-0.1, -0.05) is 11.8 Å². The first-order valence-corrected chi connectivity index (χ1v) is 9.68. The van der Waals surface area contributed by atoms with Crippen molar-refractivity contribution in [1.29, 1.82) is 0 Å². The third-order valence-corrected chi connectivity index (χ3v) is 3.98. The minimum Gasteiger partial charge on any atom is -0.478 e. The molecule has 2 aromatic carbocycles. The lowest BCUT2D eigenvalue weighted by Crippen LogP contribution is -2.16. The van der Waals surface area contributed by atoms with Crippen LogP contribution in [0.2, 0.25) is 0 Å². The van der Waals surface area contributed by atoms with E-state index in [1.165, 1.54) is 36.4 Å². The number of hydrogen-bond acceptors (Lipinski definition) is 6. The van der Waals surface area contributed by atoms with E-state index in [2.05, 4.69) is 11.8 Å². The van der Waals surface area contributed by atoms with Gasteiger partial charge in [0.1, 0.15) is 0 Å². The van der Waals surface area contributed by atoms with E-state index in [4.69, 9.17) is 9.47 Å². The first kappa shape index (κ1) is 24.2. The van der Waals surface area contributed by atoms with Gasteiger partial charge in [0, 0.05) is 11.1 Å². The summed E-state index contributed by atoms with van der Waals surface area (Å²) in [6.45, 7) is 6.59. The molecule has 32 heavy (non-hydrogen) atoms. The average molecular weight is 438 g/mol. The summed E-state index contributed by atoms with van der Waals surface area (Å²) in [5, 5.41) is 18.8. The van der Waals surface area contributed by atoms with Crippen LogP contribution in [0.3, 0.4) is 0 Å². The number of hydrogen-bond donors (Lipinski definition) is 2. The summed E-state index contributed by atoms with van der Waals surface area (Å²) in [4.78, 5) is 47.4. The van der Waals surface area contributed by atoms with Gasteiger partial charge in [-0.2, -0.15) is 0 Å². The highest BCUT2D eigenvalue weighted by atomic mass is 16.5. The van der Waals surface area contributed by atoms with Gasteiger partial charge in [-0.05, 0) is 64.1 Å². The van der Waals surface area contributed by atoms with Crippen molar-refractivity contribution in [3.63, 3.8) is 0 Å². The summed E-state index contributed by atoms with van der Waals surface area (Å²) < 4.78 is 10.2. The van der Waals surface area contributed by atoms with Crippen molar-refractivity contribution in [3.05, 3.63) is 69.8 Å². The molecule has 0 amide bonds. The zero-order valence-electron chi connectivity index (χ0n) is 18.0. The highest BCUT2D eigenvalue weighted by molar-refractivity contribution is 6.03. The van der Waals surface area contributed by atoms with Crippen LogP contribution in [0.1, 0.15) is 80.3 Å². The number of carboxylic acids is 2. The molecule has 0 atom stereocenters. The largest absolute Gasteiger partial charge is 0.478 e. The first-order valence-electron chi connectivity index (χ1n) is 9.68. The summed E-state index contributed by atoms with van der Waals surface area (Å²) >= 11 is 0. The van der Waals surface area contributed by atoms with Crippen LogP contribution in [-0.2, 0) is 9.47 Å². The number of carboxylic acid groups (broad SMARTS) is 2. The lowest BCUT2D eigenvalue weighted by Gasteiger charge is -2.10. The van der Waals surface area contributed by atoms with Gasteiger partial charge in [-0.15, -0.1) is 0 Å². The normalized spacial score (nSPS) is 10.3. The van der Waals surface area contributed by atoms with Crippen LogP contribution < -0.4 is 0 Å². The van der Waals surface area contributed by atoms with E-state index in [9.17, 15) is 29.4 Å². The van der Waals surface area contributed by atoms with Crippen LogP contribution in [0.25, 0.3) is 0 Å². The van der Waals surface area contributed by atoms with Crippen LogP contribution in [0.4, 0.5) is 0 Å². The van der Waals surface area contributed by atoms with Crippen molar-refractivity contribution >= 4 is 23.9 Å². The molecule has 0 aliphatic carbocycles. The fourth-order valence-electron chi connectivity index (χ4n) is 2.65. The zero-order valence-corrected chi connectivity index (χ0v) is 18.0. The van der Waals surface area contributed by atoms with Crippen LogP contribution in [0.15, 0.2) is 36.4 Å². The highest BCUT2D eigenvalue weighted by Gasteiger charge is 2.20. The molecular formula is C24H22O8. The molecule has 0 aliphatic rings. The van der Waals surface area contributed by atoms with E-state index in [-0.39, 0.29) is 22.3 Å². The molecule has 0 bridgehead atoms. The maximum atomic E-state index is 12.3. The molecule has 0 saturated heterocycles. The van der Waals surface area contributed by atoms with Gasteiger partial charge >= 0.3 is 23.9 Å². The SMILES string of the molecule is CC(C)OC(=O)c1ccc(C#Cc2ccc(C(=O)O)c(C(=O)OC(C)C)c2)cc1C(=O)O. The molecule has 0 aliphatic heterocycles. The summed E-state index contributed by atoms with van der Waals surface area (Å²) in [6, 6.07) is 8.00. The van der Waals surface area contributed by atoms with Gasteiger partial charge in [0.15, 0.2) is 0 Å². The van der Waals surface area contributed by atoms with Gasteiger partial charge in [-0.3, -0.25) is 0 Å². The van der Waals surface area contributed by atoms with Gasteiger partial charge in [0.05, 0.1) is 34.5 Å². The predicted molar refractivity (Wildman–Crippen MR) is 114 cm³/mol. The van der Waals surface area contributed by atoms with Gasteiger partial charge in [-0.25, -0.2) is 19.2 Å². The second-order valence-electron chi connectivity index (χ2n) is 7.29. The highest BCUT2D eigenvalue weighted by Crippen LogP contribution is 2.17. The summed E-state index contributed by atoms with van der Waals surface area (Å²) in [5.41, 5.74) is -0.0903. The Morgan fingerprint density at radius 2 is 1.06 bits per heavy atom. The molecule has 0 heterocycles. The lowest BCUT2D eigenvalue weighted by molar-refractivity contribution is 0.0363. The van der Waals surface area contributed by atoms with Crippen molar-refractivity contribution in [2.45, 2.75) is 39.9 Å². The number of carbonyl (C=O) groups is 4. The Balaban J connectivity index is 2.43. The van der Waals surface area contributed by atoms with E-state index in [1.807, 2.05) is 0 Å². The van der Waals surface area contributed by atoms with Crippen LogP contribution in [0, 0.1) is 11.8 Å². The van der Waals surface area contributed by atoms with Gasteiger partial charge in [0.25, 0.3) is 0 Å². The Morgan fingerprint density at radius 1 is 0.656 bits per heavy atom. The predicted octanol–water partition coefficient (Wildman–Crippen LogP) is 3.61. The van der Waals surface area contributed by atoms with Crippen LogP contribution >= 0.6 is 0 Å². The topological polar surface area (TPSA) is 127 Å². The molecule has 2 aromatic rings. The van der Waals surface area contributed by atoms with Crippen LogP contribution in [-0.4, -0.2) is 46.3 Å². The standard InChI is InChI=1S/C24H22O8/c1-13(2)31-23(29)18-10-8-15(11-19(18)22(27)28)5-6-16-7-9-17(21(25)26)20(12-16)24(30)32-14(3)4/h7-14H,1-4H3,(H,25,26)(H,27,28). The Morgan fingerprint density at radius 3 is 1.50 bits per heavy atom. The molecular weight excluding hydrogens is 416 g/mol. The third kappa shape index (κ3) is 6.19. The summed E-state index contributed by atoms with van der Waals surface area (Å²) in [5.74, 6) is 1.38. The molecule has 8 nitrogen and oxygen atoms in total.